The molecule has 0 aromatic heterocycles. The van der Waals surface area contributed by atoms with Gasteiger partial charge in [-0.15, -0.1) is 0 Å². The lowest BCUT2D eigenvalue weighted by Crippen LogP contribution is -2.28. The van der Waals surface area contributed by atoms with E-state index in [1.54, 1.807) is 0 Å². The summed E-state index contributed by atoms with van der Waals surface area (Å²) in [4.78, 5) is 5.00. The van der Waals surface area contributed by atoms with Crippen LogP contribution in [0.5, 0.6) is 0 Å². The Morgan fingerprint density at radius 1 is 1.27 bits per heavy atom. The van der Waals surface area contributed by atoms with E-state index in [1.165, 1.54) is 52.0 Å². The molecule has 0 saturated carbocycles. The lowest BCUT2D eigenvalue weighted by molar-refractivity contribution is 0.276. The van der Waals surface area contributed by atoms with Crippen molar-refractivity contribution < 1.29 is 0 Å². The van der Waals surface area contributed by atoms with Gasteiger partial charge in [-0.1, -0.05) is 13.8 Å². The second-order valence-corrected chi connectivity index (χ2v) is 4.58. The standard InChI is InChI=1S/C12H27N3/c1-3-14(4-2)8-5-6-9-15-10-7-12(13)11-15/h12H,3-11,13H2,1-2H3. The van der Waals surface area contributed by atoms with Gasteiger partial charge in [0.05, 0.1) is 0 Å². The Morgan fingerprint density at radius 2 is 2.00 bits per heavy atom. The smallest absolute Gasteiger partial charge is 0.0180 e. The molecule has 15 heavy (non-hydrogen) atoms. The molecule has 0 amide bonds. The van der Waals surface area contributed by atoms with Crippen molar-refractivity contribution in [2.24, 2.45) is 5.73 Å². The van der Waals surface area contributed by atoms with Gasteiger partial charge in [-0.05, 0) is 52.0 Å². The Kier molecular flexibility index (Phi) is 6.22. The summed E-state index contributed by atoms with van der Waals surface area (Å²) in [5.41, 5.74) is 5.87. The van der Waals surface area contributed by atoms with Crippen LogP contribution in [0.4, 0.5) is 0 Å². The molecule has 0 aromatic rings. The van der Waals surface area contributed by atoms with Gasteiger partial charge >= 0.3 is 0 Å². The molecule has 90 valence electrons. The number of likely N-dealkylation sites (tertiary alicyclic amines) is 1. The summed E-state index contributed by atoms with van der Waals surface area (Å²) in [6, 6.07) is 0.438. The van der Waals surface area contributed by atoms with Crippen LogP contribution in [0.3, 0.4) is 0 Å². The minimum absolute atomic E-state index is 0.438. The second kappa shape index (κ2) is 7.20. The fraction of sp³-hybridized carbons (Fsp3) is 1.00. The summed E-state index contributed by atoms with van der Waals surface area (Å²) >= 11 is 0. The number of hydrogen-bond acceptors (Lipinski definition) is 3. The Morgan fingerprint density at radius 3 is 2.53 bits per heavy atom. The highest BCUT2D eigenvalue weighted by molar-refractivity contribution is 4.77. The zero-order valence-corrected chi connectivity index (χ0v) is 10.4. The maximum absolute atomic E-state index is 5.87. The van der Waals surface area contributed by atoms with E-state index < -0.39 is 0 Å². The van der Waals surface area contributed by atoms with Gasteiger partial charge in [-0.3, -0.25) is 0 Å². The molecule has 0 aliphatic carbocycles. The Bertz CT molecular complexity index is 157. The quantitative estimate of drug-likeness (QED) is 0.644. The van der Waals surface area contributed by atoms with Crippen LogP contribution in [0, 0.1) is 0 Å². The van der Waals surface area contributed by atoms with Crippen LogP contribution in [0.1, 0.15) is 33.1 Å². The number of unbranched alkanes of at least 4 members (excludes halogenated alkanes) is 1. The van der Waals surface area contributed by atoms with Crippen LogP contribution in [0.2, 0.25) is 0 Å². The van der Waals surface area contributed by atoms with Crippen molar-refractivity contribution in [2.75, 3.05) is 39.3 Å². The van der Waals surface area contributed by atoms with Crippen LogP contribution in [0.25, 0.3) is 0 Å². The van der Waals surface area contributed by atoms with Crippen LogP contribution in [0.15, 0.2) is 0 Å². The van der Waals surface area contributed by atoms with Crippen LogP contribution < -0.4 is 5.73 Å². The number of nitrogens with two attached hydrogens (primary N) is 1. The molecule has 1 rings (SSSR count). The molecular weight excluding hydrogens is 186 g/mol. The van der Waals surface area contributed by atoms with Gasteiger partial charge in [0.15, 0.2) is 0 Å². The monoisotopic (exact) mass is 213 g/mol. The van der Waals surface area contributed by atoms with Crippen LogP contribution in [-0.2, 0) is 0 Å². The highest BCUT2D eigenvalue weighted by Crippen LogP contribution is 2.08. The van der Waals surface area contributed by atoms with Gasteiger partial charge in [0.2, 0.25) is 0 Å². The van der Waals surface area contributed by atoms with Crippen molar-refractivity contribution in [1.29, 1.82) is 0 Å². The highest BCUT2D eigenvalue weighted by atomic mass is 15.2. The van der Waals surface area contributed by atoms with E-state index in [2.05, 4.69) is 23.6 Å². The van der Waals surface area contributed by atoms with Crippen LogP contribution >= 0.6 is 0 Å². The highest BCUT2D eigenvalue weighted by Gasteiger charge is 2.17. The molecule has 1 saturated heterocycles. The average molecular weight is 213 g/mol. The van der Waals surface area contributed by atoms with E-state index in [0.717, 1.165) is 6.54 Å². The zero-order chi connectivity index (χ0) is 11.1. The number of nitrogens with zero attached hydrogens (tertiary/aromatic N) is 2. The minimum atomic E-state index is 0.438. The maximum atomic E-state index is 5.87. The van der Waals surface area contributed by atoms with Gasteiger partial charge in [0, 0.05) is 12.6 Å². The summed E-state index contributed by atoms with van der Waals surface area (Å²) in [5, 5.41) is 0. The first-order chi connectivity index (χ1) is 7.26. The van der Waals surface area contributed by atoms with Crippen molar-refractivity contribution in [3.8, 4) is 0 Å². The SMILES string of the molecule is CCN(CC)CCCCN1CCC(N)C1. The molecule has 1 unspecified atom stereocenters. The van der Waals surface area contributed by atoms with E-state index in [9.17, 15) is 0 Å². The van der Waals surface area contributed by atoms with E-state index in [-0.39, 0.29) is 0 Å². The number of hydrogen-bond donors (Lipinski definition) is 1. The van der Waals surface area contributed by atoms with Gasteiger partial charge in [-0.2, -0.15) is 0 Å². The number of rotatable bonds is 7. The third-order valence-corrected chi connectivity index (χ3v) is 3.40. The molecule has 0 aromatic carbocycles. The molecule has 1 aliphatic rings. The van der Waals surface area contributed by atoms with Gasteiger partial charge in [-0.25, -0.2) is 0 Å². The topological polar surface area (TPSA) is 32.5 Å². The molecule has 0 bridgehead atoms. The van der Waals surface area contributed by atoms with Gasteiger partial charge in [0.25, 0.3) is 0 Å². The van der Waals surface area contributed by atoms with Crippen molar-refractivity contribution in [3.05, 3.63) is 0 Å². The van der Waals surface area contributed by atoms with Gasteiger partial charge in [0.1, 0.15) is 0 Å². The van der Waals surface area contributed by atoms with E-state index in [4.69, 9.17) is 5.73 Å². The Hall–Kier alpha value is -0.120. The summed E-state index contributed by atoms with van der Waals surface area (Å²) in [5.74, 6) is 0. The molecule has 1 heterocycles. The molecule has 1 fully saturated rings. The lowest BCUT2D eigenvalue weighted by Gasteiger charge is -2.19. The zero-order valence-electron chi connectivity index (χ0n) is 10.4. The third kappa shape index (κ3) is 4.96. The van der Waals surface area contributed by atoms with E-state index in [1.807, 2.05) is 0 Å². The molecule has 2 N–H and O–H groups in total. The molecule has 1 atom stereocenters. The first-order valence-electron chi connectivity index (χ1n) is 6.46. The normalized spacial score (nSPS) is 22.8. The first kappa shape index (κ1) is 12.9. The molecular formula is C12H27N3. The van der Waals surface area contributed by atoms with Crippen LogP contribution in [-0.4, -0.2) is 55.1 Å². The second-order valence-electron chi connectivity index (χ2n) is 4.58. The fourth-order valence-corrected chi connectivity index (χ4v) is 2.28. The molecule has 0 spiro atoms. The summed E-state index contributed by atoms with van der Waals surface area (Å²) in [7, 11) is 0. The summed E-state index contributed by atoms with van der Waals surface area (Å²) in [6.45, 7) is 11.7. The summed E-state index contributed by atoms with van der Waals surface area (Å²) in [6.07, 6.45) is 3.84. The van der Waals surface area contributed by atoms with Crippen molar-refractivity contribution in [1.82, 2.24) is 9.80 Å². The molecule has 0 radical (unpaired) electrons. The predicted octanol–water partition coefficient (Wildman–Crippen LogP) is 1.14. The largest absolute Gasteiger partial charge is 0.326 e. The molecule has 3 nitrogen and oxygen atoms in total. The average Bonchev–Trinajstić information content (AvgIpc) is 2.65. The lowest BCUT2D eigenvalue weighted by atomic mass is 10.2. The fourth-order valence-electron chi connectivity index (χ4n) is 2.28. The van der Waals surface area contributed by atoms with Crippen molar-refractivity contribution >= 4 is 0 Å². The van der Waals surface area contributed by atoms with Gasteiger partial charge < -0.3 is 15.5 Å². The Labute approximate surface area is 94.6 Å². The third-order valence-electron chi connectivity index (χ3n) is 3.40. The summed E-state index contributed by atoms with van der Waals surface area (Å²) < 4.78 is 0. The maximum Gasteiger partial charge on any atom is 0.0180 e. The Balaban J connectivity index is 1.97. The minimum Gasteiger partial charge on any atom is -0.326 e. The van der Waals surface area contributed by atoms with E-state index in [0.29, 0.717) is 6.04 Å². The molecule has 3 heteroatoms. The predicted molar refractivity (Wildman–Crippen MR) is 66.1 cm³/mol. The van der Waals surface area contributed by atoms with Crippen molar-refractivity contribution in [2.45, 2.75) is 39.2 Å². The van der Waals surface area contributed by atoms with Crippen molar-refractivity contribution in [3.63, 3.8) is 0 Å². The molecule has 1 aliphatic heterocycles. The van der Waals surface area contributed by atoms with E-state index >= 15 is 0 Å². The first-order valence-corrected chi connectivity index (χ1v) is 6.46.